The van der Waals surface area contributed by atoms with Gasteiger partial charge in [0.15, 0.2) is 17.2 Å². The second kappa shape index (κ2) is 8.24. The van der Waals surface area contributed by atoms with Gasteiger partial charge in [-0.2, -0.15) is 0 Å². The maximum Gasteiger partial charge on any atom is 0.205 e. The van der Waals surface area contributed by atoms with Crippen LogP contribution in [0.1, 0.15) is 74.9 Å². The van der Waals surface area contributed by atoms with Gasteiger partial charge in [0.1, 0.15) is 11.5 Å². The van der Waals surface area contributed by atoms with Gasteiger partial charge < -0.3 is 15.3 Å². The molecule has 33 heavy (non-hydrogen) atoms. The van der Waals surface area contributed by atoms with Gasteiger partial charge in [-0.25, -0.2) is 0 Å². The number of hydrogen-bond acceptors (Lipinski definition) is 6. The van der Waals surface area contributed by atoms with Crippen LogP contribution in [0.3, 0.4) is 0 Å². The van der Waals surface area contributed by atoms with E-state index in [0.29, 0.717) is 30.8 Å². The number of aliphatic hydroxyl groups is 2. The van der Waals surface area contributed by atoms with E-state index in [9.17, 15) is 29.7 Å². The number of allylic oxidation sites excluding steroid dienone is 2. The maximum atomic E-state index is 13.5. The summed E-state index contributed by atoms with van der Waals surface area (Å²) in [6.45, 7) is 7.30. The molecule has 0 radical (unpaired) electrons. The fourth-order valence-electron chi connectivity index (χ4n) is 6.02. The Morgan fingerprint density at radius 2 is 1.88 bits per heavy atom. The predicted octanol–water partition coefficient (Wildman–Crippen LogP) is 4.17. The van der Waals surface area contributed by atoms with Crippen LogP contribution in [0.5, 0.6) is 5.75 Å². The van der Waals surface area contributed by atoms with E-state index in [0.717, 1.165) is 30.4 Å². The molecule has 0 spiro atoms. The normalized spacial score (nSPS) is 27.0. The third-order valence-electron chi connectivity index (χ3n) is 7.63. The number of ketones is 3. The van der Waals surface area contributed by atoms with Crippen LogP contribution in [-0.2, 0) is 22.4 Å². The lowest BCUT2D eigenvalue weighted by atomic mass is 9.59. The molecule has 3 aliphatic rings. The molecule has 6 nitrogen and oxygen atoms in total. The molecule has 6 heteroatoms. The van der Waals surface area contributed by atoms with Crippen molar-refractivity contribution in [1.29, 1.82) is 0 Å². The van der Waals surface area contributed by atoms with Gasteiger partial charge in [0.25, 0.3) is 0 Å². The fourth-order valence-corrected chi connectivity index (χ4v) is 6.02. The molecule has 0 aliphatic heterocycles. The summed E-state index contributed by atoms with van der Waals surface area (Å²) in [6.07, 6.45) is 3.91. The molecule has 1 aromatic rings. The lowest BCUT2D eigenvalue weighted by Gasteiger charge is -2.46. The summed E-state index contributed by atoms with van der Waals surface area (Å²) >= 11 is 0. The van der Waals surface area contributed by atoms with Crippen LogP contribution in [0, 0.1) is 17.8 Å². The number of rotatable bonds is 5. The first-order valence-corrected chi connectivity index (χ1v) is 11.8. The van der Waals surface area contributed by atoms with E-state index in [1.54, 1.807) is 6.92 Å². The summed E-state index contributed by atoms with van der Waals surface area (Å²) in [7, 11) is 0. The zero-order chi connectivity index (χ0) is 24.2. The topological polar surface area (TPSA) is 112 Å². The Kier molecular flexibility index (Phi) is 5.85. The molecule has 176 valence electrons. The highest BCUT2D eigenvalue weighted by Crippen LogP contribution is 2.52. The van der Waals surface area contributed by atoms with Crippen molar-refractivity contribution in [3.8, 4) is 5.75 Å². The lowest BCUT2D eigenvalue weighted by Crippen LogP contribution is -2.56. The lowest BCUT2D eigenvalue weighted by molar-refractivity contribution is -0.143. The van der Waals surface area contributed by atoms with Crippen molar-refractivity contribution >= 4 is 17.3 Å². The Bertz CT molecular complexity index is 1120. The van der Waals surface area contributed by atoms with Crippen molar-refractivity contribution in [2.24, 2.45) is 17.8 Å². The minimum atomic E-state index is -2.29. The number of aromatic hydroxyl groups is 1. The van der Waals surface area contributed by atoms with Crippen molar-refractivity contribution in [2.75, 3.05) is 0 Å². The molecule has 0 saturated heterocycles. The molecule has 0 saturated carbocycles. The molecule has 0 bridgehead atoms. The zero-order valence-corrected chi connectivity index (χ0v) is 19.7. The Hall–Kier alpha value is -2.73. The third kappa shape index (κ3) is 3.55. The number of phenolic OH excluding ortho intramolecular Hbond substituents is 1. The summed E-state index contributed by atoms with van der Waals surface area (Å²) < 4.78 is 0. The molecule has 3 aliphatic carbocycles. The van der Waals surface area contributed by atoms with Gasteiger partial charge in [0, 0.05) is 11.5 Å². The quantitative estimate of drug-likeness (QED) is 0.578. The van der Waals surface area contributed by atoms with Gasteiger partial charge in [-0.1, -0.05) is 31.9 Å². The molecule has 0 heterocycles. The Morgan fingerprint density at radius 3 is 2.52 bits per heavy atom. The maximum absolute atomic E-state index is 13.5. The standard InChI is InChI=1S/C27H32O6/c1-13(2)6-5-7-16-8-9-20(29)23-19(16)12-17-11-18-10-14(3)21(15(4)28)25(31)27(18,33)26(32)22(17)24(23)30/h8-9,13,17-18,29,32-33H,5-7,10-12H2,1-4H3. The van der Waals surface area contributed by atoms with E-state index in [1.807, 2.05) is 6.07 Å². The highest BCUT2D eigenvalue weighted by Gasteiger charge is 2.58. The van der Waals surface area contributed by atoms with Crippen LogP contribution in [0.15, 0.2) is 34.6 Å². The van der Waals surface area contributed by atoms with Crippen LogP contribution in [-0.4, -0.2) is 38.3 Å². The number of aryl methyl sites for hydroxylation is 1. The van der Waals surface area contributed by atoms with Crippen LogP contribution < -0.4 is 0 Å². The van der Waals surface area contributed by atoms with Gasteiger partial charge >= 0.3 is 0 Å². The number of phenols is 1. The number of aliphatic hydroxyl groups excluding tert-OH is 1. The number of carbonyl (C=O) groups is 3. The first-order valence-electron chi connectivity index (χ1n) is 11.8. The van der Waals surface area contributed by atoms with Crippen molar-refractivity contribution in [2.45, 2.75) is 71.8 Å². The van der Waals surface area contributed by atoms with E-state index in [1.165, 1.54) is 13.0 Å². The zero-order valence-electron chi connectivity index (χ0n) is 19.7. The van der Waals surface area contributed by atoms with E-state index in [-0.39, 0.29) is 28.4 Å². The minimum Gasteiger partial charge on any atom is -0.508 e. The van der Waals surface area contributed by atoms with Gasteiger partial charge in [-0.3, -0.25) is 14.4 Å². The second-order valence-corrected chi connectivity index (χ2v) is 10.3. The number of fused-ring (bicyclic) bond motifs is 3. The number of benzene rings is 1. The van der Waals surface area contributed by atoms with Gasteiger partial charge in [-0.15, -0.1) is 0 Å². The van der Waals surface area contributed by atoms with Gasteiger partial charge in [-0.05, 0) is 75.0 Å². The average molecular weight is 453 g/mol. The van der Waals surface area contributed by atoms with Gasteiger partial charge in [0.05, 0.1) is 11.1 Å². The van der Waals surface area contributed by atoms with Crippen LogP contribution >= 0.6 is 0 Å². The smallest absolute Gasteiger partial charge is 0.205 e. The minimum absolute atomic E-state index is 0.00770. The van der Waals surface area contributed by atoms with Crippen molar-refractivity contribution < 1.29 is 29.7 Å². The fraction of sp³-hybridized carbons (Fsp3) is 0.519. The second-order valence-electron chi connectivity index (χ2n) is 10.3. The largest absolute Gasteiger partial charge is 0.508 e. The van der Waals surface area contributed by atoms with Crippen molar-refractivity contribution in [3.05, 3.63) is 51.3 Å². The van der Waals surface area contributed by atoms with Crippen molar-refractivity contribution in [3.63, 3.8) is 0 Å². The highest BCUT2D eigenvalue weighted by molar-refractivity contribution is 6.25. The SMILES string of the molecule is CC(=O)C1=C(C)CC2CC3Cc4c(CCCC(C)C)ccc(O)c4C(=O)C3=C(O)C2(O)C1=O. The third-order valence-corrected chi connectivity index (χ3v) is 7.63. The summed E-state index contributed by atoms with van der Waals surface area (Å²) in [4.78, 5) is 38.8. The predicted molar refractivity (Wildman–Crippen MR) is 123 cm³/mol. The number of carbonyl (C=O) groups excluding carboxylic acids is 3. The molecule has 0 aromatic heterocycles. The first-order chi connectivity index (χ1) is 15.5. The molecule has 0 fully saturated rings. The molecule has 0 amide bonds. The van der Waals surface area contributed by atoms with Crippen LogP contribution in [0.4, 0.5) is 0 Å². The van der Waals surface area contributed by atoms with E-state index in [2.05, 4.69) is 13.8 Å². The van der Waals surface area contributed by atoms with Crippen LogP contribution in [0.25, 0.3) is 0 Å². The summed E-state index contributed by atoms with van der Waals surface area (Å²) in [5.41, 5.74) is 0.182. The van der Waals surface area contributed by atoms with Gasteiger partial charge in [0.2, 0.25) is 5.78 Å². The molecule has 1 aromatic carbocycles. The molecular weight excluding hydrogens is 420 g/mol. The molecule has 3 unspecified atom stereocenters. The van der Waals surface area contributed by atoms with E-state index >= 15 is 0 Å². The Balaban J connectivity index is 1.80. The van der Waals surface area contributed by atoms with Crippen LogP contribution in [0.2, 0.25) is 0 Å². The molecular formula is C27H32O6. The highest BCUT2D eigenvalue weighted by atomic mass is 16.3. The van der Waals surface area contributed by atoms with Crippen molar-refractivity contribution in [1.82, 2.24) is 0 Å². The summed E-state index contributed by atoms with van der Waals surface area (Å²) in [6, 6.07) is 3.37. The molecule has 4 rings (SSSR count). The summed E-state index contributed by atoms with van der Waals surface area (Å²) in [5, 5.41) is 33.1. The number of hydrogen-bond donors (Lipinski definition) is 3. The monoisotopic (exact) mass is 452 g/mol. The Labute approximate surface area is 194 Å². The first kappa shape index (κ1) is 23.4. The average Bonchev–Trinajstić information content (AvgIpc) is 2.71. The summed E-state index contributed by atoms with van der Waals surface area (Å²) in [5.74, 6) is -3.06. The molecule has 3 N–H and O–H groups in total. The Morgan fingerprint density at radius 1 is 1.18 bits per heavy atom. The molecule has 3 atom stereocenters. The van der Waals surface area contributed by atoms with E-state index in [4.69, 9.17) is 0 Å². The number of Topliss-reactive ketones (excluding diaryl/α,β-unsaturated/α-hetero) is 3. The van der Waals surface area contributed by atoms with E-state index < -0.39 is 34.6 Å².